The molecule has 5 nitrogen and oxygen atoms in total. The van der Waals surface area contributed by atoms with Gasteiger partial charge in [-0.25, -0.2) is 0 Å². The highest BCUT2D eigenvalue weighted by Gasteiger charge is 2.27. The van der Waals surface area contributed by atoms with Crippen LogP contribution in [-0.2, 0) is 4.79 Å². The third-order valence-corrected chi connectivity index (χ3v) is 5.12. The van der Waals surface area contributed by atoms with Crippen LogP contribution in [0.15, 0.2) is 48.5 Å². The van der Waals surface area contributed by atoms with Crippen LogP contribution in [0.2, 0.25) is 10.0 Å². The summed E-state index contributed by atoms with van der Waals surface area (Å²) in [5.74, 6) is 0.195. The van der Waals surface area contributed by atoms with Gasteiger partial charge in [-0.1, -0.05) is 59.6 Å². The Morgan fingerprint density at radius 2 is 1.67 bits per heavy atom. The van der Waals surface area contributed by atoms with E-state index in [-0.39, 0.29) is 18.6 Å². The van der Waals surface area contributed by atoms with Crippen molar-refractivity contribution in [1.82, 2.24) is 9.80 Å². The van der Waals surface area contributed by atoms with Gasteiger partial charge >= 0.3 is 0 Å². The molecule has 0 saturated carbocycles. The lowest BCUT2D eigenvalue weighted by atomic mass is 10.1. The molecule has 1 heterocycles. The van der Waals surface area contributed by atoms with Crippen molar-refractivity contribution < 1.29 is 9.53 Å². The third-order valence-electron chi connectivity index (χ3n) is 4.53. The molecule has 1 aliphatic heterocycles. The summed E-state index contributed by atoms with van der Waals surface area (Å²) in [5, 5.41) is 10.3. The summed E-state index contributed by atoms with van der Waals surface area (Å²) in [6.07, 6.45) is 0. The van der Waals surface area contributed by atoms with Crippen LogP contribution in [0.25, 0.3) is 0 Å². The Morgan fingerprint density at radius 1 is 1.04 bits per heavy atom. The summed E-state index contributed by atoms with van der Waals surface area (Å²) in [6, 6.07) is 16.8. The minimum absolute atomic E-state index is 0.121. The largest absolute Gasteiger partial charge is 0.481 e. The monoisotopic (exact) mass is 403 g/mol. The van der Waals surface area contributed by atoms with Gasteiger partial charge in [0, 0.05) is 26.2 Å². The lowest BCUT2D eigenvalue weighted by Crippen LogP contribution is -2.50. The molecule has 1 saturated heterocycles. The number of ether oxygens (including phenoxy) is 1. The van der Waals surface area contributed by atoms with Gasteiger partial charge in [-0.05, 0) is 17.7 Å². The van der Waals surface area contributed by atoms with E-state index in [1.54, 1.807) is 23.1 Å². The highest BCUT2D eigenvalue weighted by atomic mass is 35.5. The van der Waals surface area contributed by atoms with Crippen molar-refractivity contribution in [3.05, 3.63) is 64.1 Å². The molecule has 1 aliphatic rings. The zero-order valence-electron chi connectivity index (χ0n) is 14.6. The Balaban J connectivity index is 1.54. The lowest BCUT2D eigenvalue weighted by molar-refractivity contribution is -0.135. The van der Waals surface area contributed by atoms with Crippen molar-refractivity contribution in [2.24, 2.45) is 0 Å². The highest BCUT2D eigenvalue weighted by Crippen LogP contribution is 2.32. The smallest absolute Gasteiger partial charge is 0.260 e. The van der Waals surface area contributed by atoms with Crippen molar-refractivity contribution in [2.75, 3.05) is 32.8 Å². The topological polar surface area (TPSA) is 56.6 Å². The number of hydrogen-bond donors (Lipinski definition) is 0. The number of para-hydroxylation sites is 1. The molecule has 0 aliphatic carbocycles. The second-order valence-corrected chi connectivity index (χ2v) is 7.01. The third kappa shape index (κ3) is 4.72. The van der Waals surface area contributed by atoms with Crippen molar-refractivity contribution in [2.45, 2.75) is 6.04 Å². The van der Waals surface area contributed by atoms with Crippen LogP contribution in [0.3, 0.4) is 0 Å². The summed E-state index contributed by atoms with van der Waals surface area (Å²) >= 11 is 12.1. The molecular formula is C20H19Cl2N3O2. The molecule has 1 unspecified atom stereocenters. The first kappa shape index (κ1) is 19.5. The van der Waals surface area contributed by atoms with Crippen LogP contribution < -0.4 is 4.74 Å². The first-order valence-electron chi connectivity index (χ1n) is 8.63. The van der Waals surface area contributed by atoms with E-state index in [0.29, 0.717) is 42.0 Å². The molecule has 27 heavy (non-hydrogen) atoms. The maximum Gasteiger partial charge on any atom is 0.260 e. The van der Waals surface area contributed by atoms with E-state index in [0.717, 1.165) is 5.56 Å². The minimum atomic E-state index is -0.304. The molecule has 1 atom stereocenters. The van der Waals surface area contributed by atoms with E-state index < -0.39 is 0 Å². The Bertz CT molecular complexity index is 811. The molecule has 0 spiro atoms. The quantitative estimate of drug-likeness (QED) is 0.761. The Morgan fingerprint density at radius 3 is 2.26 bits per heavy atom. The van der Waals surface area contributed by atoms with E-state index in [9.17, 15) is 10.1 Å². The van der Waals surface area contributed by atoms with Gasteiger partial charge < -0.3 is 9.64 Å². The molecule has 0 N–H and O–H groups in total. The van der Waals surface area contributed by atoms with Crippen LogP contribution in [0.1, 0.15) is 11.6 Å². The second-order valence-electron chi connectivity index (χ2n) is 6.20. The average molecular weight is 404 g/mol. The van der Waals surface area contributed by atoms with E-state index in [1.807, 2.05) is 30.3 Å². The van der Waals surface area contributed by atoms with Gasteiger partial charge in [0.1, 0.15) is 6.04 Å². The molecule has 140 valence electrons. The number of piperazine rings is 1. The predicted octanol–water partition coefficient (Wildman–Crippen LogP) is 3.78. The number of amides is 1. The summed E-state index contributed by atoms with van der Waals surface area (Å²) in [5.41, 5.74) is 0.969. The zero-order chi connectivity index (χ0) is 19.2. The van der Waals surface area contributed by atoms with Gasteiger partial charge in [-0.3, -0.25) is 9.69 Å². The number of halogens is 2. The number of carbonyl (C=O) groups excluding carboxylic acids is 1. The Labute approximate surface area is 168 Å². The first-order valence-corrected chi connectivity index (χ1v) is 9.39. The summed E-state index contributed by atoms with van der Waals surface area (Å²) in [4.78, 5) is 16.3. The van der Waals surface area contributed by atoms with Crippen molar-refractivity contribution >= 4 is 29.1 Å². The molecule has 7 heteroatoms. The predicted molar refractivity (Wildman–Crippen MR) is 105 cm³/mol. The molecule has 1 amide bonds. The fraction of sp³-hybridized carbons (Fsp3) is 0.300. The van der Waals surface area contributed by atoms with Gasteiger partial charge in [0.05, 0.1) is 16.1 Å². The van der Waals surface area contributed by atoms with Gasteiger partial charge in [0.2, 0.25) is 0 Å². The second kappa shape index (κ2) is 9.09. The van der Waals surface area contributed by atoms with Crippen LogP contribution in [0.5, 0.6) is 5.75 Å². The van der Waals surface area contributed by atoms with E-state index in [4.69, 9.17) is 27.9 Å². The van der Waals surface area contributed by atoms with Gasteiger partial charge in [-0.15, -0.1) is 0 Å². The number of nitrogens with zero attached hydrogens (tertiary/aromatic N) is 3. The zero-order valence-corrected chi connectivity index (χ0v) is 16.2. The fourth-order valence-corrected chi connectivity index (χ4v) is 3.58. The summed E-state index contributed by atoms with van der Waals surface area (Å²) < 4.78 is 5.53. The van der Waals surface area contributed by atoms with Gasteiger partial charge in [0.15, 0.2) is 12.4 Å². The van der Waals surface area contributed by atoms with Crippen molar-refractivity contribution in [3.8, 4) is 11.8 Å². The molecule has 3 rings (SSSR count). The Kier molecular flexibility index (Phi) is 6.57. The number of nitriles is 1. The van der Waals surface area contributed by atoms with Crippen molar-refractivity contribution in [1.29, 1.82) is 5.26 Å². The molecule has 0 radical (unpaired) electrons. The molecule has 2 aromatic rings. The Hall–Kier alpha value is -2.26. The van der Waals surface area contributed by atoms with Gasteiger partial charge in [0.25, 0.3) is 5.91 Å². The van der Waals surface area contributed by atoms with Crippen LogP contribution in [-0.4, -0.2) is 48.5 Å². The molecule has 2 aromatic carbocycles. The number of rotatable bonds is 5. The van der Waals surface area contributed by atoms with Gasteiger partial charge in [-0.2, -0.15) is 5.26 Å². The number of benzene rings is 2. The SMILES string of the molecule is N#CC(c1ccccc1)N1CCN(C(=O)COc2c(Cl)cccc2Cl)CC1. The van der Waals surface area contributed by atoms with Crippen LogP contribution in [0, 0.1) is 11.3 Å². The molecule has 1 fully saturated rings. The maximum atomic E-state index is 12.4. The minimum Gasteiger partial charge on any atom is -0.481 e. The van der Waals surface area contributed by atoms with Crippen LogP contribution in [0.4, 0.5) is 0 Å². The number of hydrogen-bond acceptors (Lipinski definition) is 4. The lowest BCUT2D eigenvalue weighted by Gasteiger charge is -2.37. The van der Waals surface area contributed by atoms with E-state index >= 15 is 0 Å². The maximum absolute atomic E-state index is 12.4. The van der Waals surface area contributed by atoms with E-state index in [1.165, 1.54) is 0 Å². The highest BCUT2D eigenvalue weighted by molar-refractivity contribution is 6.37. The average Bonchev–Trinajstić information content (AvgIpc) is 2.69. The van der Waals surface area contributed by atoms with E-state index in [2.05, 4.69) is 11.0 Å². The molecule has 0 bridgehead atoms. The van der Waals surface area contributed by atoms with Crippen molar-refractivity contribution in [3.63, 3.8) is 0 Å². The van der Waals surface area contributed by atoms with Crippen LogP contribution >= 0.6 is 23.2 Å². The standard InChI is InChI=1S/C20H19Cl2N3O2/c21-16-7-4-8-17(22)20(16)27-14-19(26)25-11-9-24(10-12-25)18(13-23)15-5-2-1-3-6-15/h1-8,18H,9-12,14H2. The normalized spacial score (nSPS) is 15.8. The summed E-state index contributed by atoms with van der Waals surface area (Å²) in [7, 11) is 0. The fourth-order valence-electron chi connectivity index (χ4n) is 3.08. The molecule has 0 aromatic heterocycles. The summed E-state index contributed by atoms with van der Waals surface area (Å²) in [6.45, 7) is 2.23. The molecular weight excluding hydrogens is 385 g/mol. The number of carbonyl (C=O) groups is 1. The first-order chi connectivity index (χ1) is 13.1.